The van der Waals surface area contributed by atoms with Crippen LogP contribution in [-0.4, -0.2) is 26.4 Å². The van der Waals surface area contributed by atoms with Gasteiger partial charge in [-0.3, -0.25) is 0 Å². The third-order valence-electron chi connectivity index (χ3n) is 5.86. The number of rotatable bonds is 22. The van der Waals surface area contributed by atoms with Crippen molar-refractivity contribution >= 4 is 9.84 Å². The molecule has 2 nitrogen and oxygen atoms in total. The Labute approximate surface area is 188 Å². The molecule has 0 bridgehead atoms. The van der Waals surface area contributed by atoms with Gasteiger partial charge in [0.05, 0.1) is 0 Å². The van der Waals surface area contributed by atoms with E-state index in [1.165, 1.54) is 64.2 Å². The van der Waals surface area contributed by atoms with E-state index in [9.17, 15) is 26.0 Å². The van der Waals surface area contributed by atoms with Gasteiger partial charge in [0.2, 0.25) is 5.50 Å². The Hall–Kier alpha value is -0.330. The number of sulfone groups is 1. The van der Waals surface area contributed by atoms with E-state index < -0.39 is 27.9 Å². The molecular weight excluding hydrogens is 428 g/mol. The highest BCUT2D eigenvalue weighted by Gasteiger charge is 2.25. The molecule has 0 saturated carbocycles. The number of hydrogen-bond acceptors (Lipinski definition) is 2. The highest BCUT2D eigenvalue weighted by atomic mass is 32.2. The van der Waals surface area contributed by atoms with Crippen molar-refractivity contribution in [1.29, 1.82) is 0 Å². The van der Waals surface area contributed by atoms with Crippen molar-refractivity contribution in [1.82, 2.24) is 0 Å². The SMILES string of the molecule is CS(=O)(=O)C(F)CCCCCCCCCCCCCCCCCCCCCC(F)(F)F. The van der Waals surface area contributed by atoms with Gasteiger partial charge in [-0.2, -0.15) is 13.2 Å². The van der Waals surface area contributed by atoms with E-state index in [1.807, 2.05) is 0 Å². The standard InChI is InChI=1S/C24H46F4O2S/c1-31(29,30)23(25)21-19-17-15-13-11-9-7-5-3-2-4-6-8-10-12-14-16-18-20-22-24(26,27)28/h23H,2-22H2,1H3. The fourth-order valence-corrected chi connectivity index (χ4v) is 4.44. The molecule has 0 aliphatic rings. The Kier molecular flexibility index (Phi) is 19.0. The predicted octanol–water partition coefficient (Wildman–Crippen LogP) is 9.08. The summed E-state index contributed by atoms with van der Waals surface area (Å²) >= 11 is 0. The number of hydrogen-bond donors (Lipinski definition) is 0. The average molecular weight is 475 g/mol. The molecule has 1 unspecified atom stereocenters. The molecule has 0 aliphatic carbocycles. The summed E-state index contributed by atoms with van der Waals surface area (Å²) < 4.78 is 71.3. The van der Waals surface area contributed by atoms with Gasteiger partial charge in [0, 0.05) is 12.7 Å². The lowest BCUT2D eigenvalue weighted by Gasteiger charge is -2.06. The van der Waals surface area contributed by atoms with Gasteiger partial charge in [0.25, 0.3) is 0 Å². The number of alkyl halides is 4. The lowest BCUT2D eigenvalue weighted by molar-refractivity contribution is -0.135. The van der Waals surface area contributed by atoms with E-state index in [0.29, 0.717) is 12.8 Å². The molecule has 7 heteroatoms. The fourth-order valence-electron chi connectivity index (χ4n) is 3.85. The summed E-state index contributed by atoms with van der Waals surface area (Å²) in [6.45, 7) is 0. The Balaban J connectivity index is 3.14. The summed E-state index contributed by atoms with van der Waals surface area (Å²) in [6.07, 6.45) is 17.0. The largest absolute Gasteiger partial charge is 0.389 e. The second kappa shape index (κ2) is 19.2. The van der Waals surface area contributed by atoms with Crippen molar-refractivity contribution in [3.05, 3.63) is 0 Å². The van der Waals surface area contributed by atoms with Gasteiger partial charge >= 0.3 is 6.18 Å². The third kappa shape index (κ3) is 24.1. The van der Waals surface area contributed by atoms with Crippen LogP contribution in [0.2, 0.25) is 0 Å². The minimum Gasteiger partial charge on any atom is -0.230 e. The van der Waals surface area contributed by atoms with Crippen LogP contribution >= 0.6 is 0 Å². The average Bonchev–Trinajstić information content (AvgIpc) is 2.67. The molecule has 0 amide bonds. The zero-order valence-corrected chi connectivity index (χ0v) is 20.5. The lowest BCUT2D eigenvalue weighted by Crippen LogP contribution is -2.13. The van der Waals surface area contributed by atoms with Crippen molar-refractivity contribution in [2.24, 2.45) is 0 Å². The fraction of sp³-hybridized carbons (Fsp3) is 1.00. The Bertz CT molecular complexity index is 492. The van der Waals surface area contributed by atoms with Crippen molar-refractivity contribution < 1.29 is 26.0 Å². The molecule has 0 aromatic rings. The first-order valence-electron chi connectivity index (χ1n) is 12.5. The topological polar surface area (TPSA) is 34.1 Å². The summed E-state index contributed by atoms with van der Waals surface area (Å²) in [5.74, 6) is 0. The monoisotopic (exact) mass is 474 g/mol. The smallest absolute Gasteiger partial charge is 0.230 e. The van der Waals surface area contributed by atoms with Crippen LogP contribution in [-0.2, 0) is 9.84 Å². The first kappa shape index (κ1) is 30.7. The summed E-state index contributed by atoms with van der Waals surface area (Å²) in [5.41, 5.74) is -1.70. The highest BCUT2D eigenvalue weighted by molar-refractivity contribution is 7.91. The molecule has 0 radical (unpaired) electrons. The molecule has 31 heavy (non-hydrogen) atoms. The Morgan fingerprint density at radius 1 is 0.548 bits per heavy atom. The quantitative estimate of drug-likeness (QED) is 0.116. The van der Waals surface area contributed by atoms with Crippen LogP contribution in [0.25, 0.3) is 0 Å². The molecule has 0 heterocycles. The minimum atomic E-state index is -3.99. The molecule has 188 valence electrons. The predicted molar refractivity (Wildman–Crippen MR) is 123 cm³/mol. The van der Waals surface area contributed by atoms with Crippen LogP contribution < -0.4 is 0 Å². The number of halogens is 4. The van der Waals surface area contributed by atoms with Crippen molar-refractivity contribution in [3.8, 4) is 0 Å². The molecule has 0 fully saturated rings. The lowest BCUT2D eigenvalue weighted by atomic mass is 10.0. The van der Waals surface area contributed by atoms with Crippen LogP contribution in [0.1, 0.15) is 135 Å². The molecule has 0 aliphatic heterocycles. The summed E-state index contributed by atoms with van der Waals surface area (Å²) in [5, 5.41) is 0. The summed E-state index contributed by atoms with van der Waals surface area (Å²) in [4.78, 5) is 0. The third-order valence-corrected chi connectivity index (χ3v) is 7.02. The molecular formula is C24H46F4O2S. The second-order valence-electron chi connectivity index (χ2n) is 9.11. The highest BCUT2D eigenvalue weighted by Crippen LogP contribution is 2.23. The molecule has 0 saturated heterocycles. The van der Waals surface area contributed by atoms with Crippen molar-refractivity contribution in [3.63, 3.8) is 0 Å². The van der Waals surface area contributed by atoms with E-state index in [4.69, 9.17) is 0 Å². The van der Waals surface area contributed by atoms with Crippen molar-refractivity contribution in [2.45, 2.75) is 147 Å². The molecule has 0 aromatic carbocycles. The first-order valence-corrected chi connectivity index (χ1v) is 14.5. The molecule has 0 spiro atoms. The van der Waals surface area contributed by atoms with Gasteiger partial charge in [-0.15, -0.1) is 0 Å². The zero-order chi connectivity index (χ0) is 23.4. The molecule has 0 rings (SSSR count). The van der Waals surface area contributed by atoms with E-state index in [-0.39, 0.29) is 12.8 Å². The van der Waals surface area contributed by atoms with Gasteiger partial charge in [0.15, 0.2) is 9.84 Å². The van der Waals surface area contributed by atoms with Gasteiger partial charge in [0.1, 0.15) is 0 Å². The van der Waals surface area contributed by atoms with Crippen LogP contribution in [0.3, 0.4) is 0 Å². The van der Waals surface area contributed by atoms with Crippen molar-refractivity contribution in [2.75, 3.05) is 6.26 Å². The van der Waals surface area contributed by atoms with Gasteiger partial charge in [-0.25, -0.2) is 12.8 Å². The van der Waals surface area contributed by atoms with Crippen LogP contribution in [0, 0.1) is 0 Å². The number of unbranched alkanes of at least 4 members (excludes halogenated alkanes) is 18. The van der Waals surface area contributed by atoms with Gasteiger partial charge < -0.3 is 0 Å². The molecule has 0 N–H and O–H groups in total. The maximum absolute atomic E-state index is 13.3. The molecule has 1 atom stereocenters. The maximum atomic E-state index is 13.3. The Morgan fingerprint density at radius 2 is 0.806 bits per heavy atom. The van der Waals surface area contributed by atoms with E-state index in [1.54, 1.807) is 0 Å². The molecule has 0 aromatic heterocycles. The summed E-state index contributed by atoms with van der Waals surface area (Å²) in [7, 11) is -3.53. The normalized spacial score (nSPS) is 13.6. The summed E-state index contributed by atoms with van der Waals surface area (Å²) in [6, 6.07) is 0. The Morgan fingerprint density at radius 3 is 1.06 bits per heavy atom. The van der Waals surface area contributed by atoms with Crippen LogP contribution in [0.15, 0.2) is 0 Å². The van der Waals surface area contributed by atoms with Crippen LogP contribution in [0.5, 0.6) is 0 Å². The van der Waals surface area contributed by atoms with Gasteiger partial charge in [-0.1, -0.05) is 109 Å². The van der Waals surface area contributed by atoms with E-state index >= 15 is 0 Å². The van der Waals surface area contributed by atoms with Gasteiger partial charge in [-0.05, 0) is 19.3 Å². The minimum absolute atomic E-state index is 0.129. The zero-order valence-electron chi connectivity index (χ0n) is 19.7. The van der Waals surface area contributed by atoms with E-state index in [2.05, 4.69) is 0 Å². The van der Waals surface area contributed by atoms with E-state index in [0.717, 1.165) is 44.8 Å². The maximum Gasteiger partial charge on any atom is 0.389 e. The van der Waals surface area contributed by atoms with Crippen LogP contribution in [0.4, 0.5) is 17.6 Å². The second-order valence-corrected chi connectivity index (χ2v) is 11.3. The first-order chi connectivity index (χ1) is 14.6.